The average Bonchev–Trinajstić information content (AvgIpc) is 3.95. The van der Waals surface area contributed by atoms with E-state index in [0.29, 0.717) is 11.1 Å². The zero-order valence-electron chi connectivity index (χ0n) is 28.5. The van der Waals surface area contributed by atoms with E-state index in [1.807, 2.05) is 155 Å². The van der Waals surface area contributed by atoms with Crippen molar-refractivity contribution in [1.29, 1.82) is 0 Å². The average molecular weight is 705 g/mol. The first-order chi connectivity index (χ1) is 26.0. The fourth-order valence-corrected chi connectivity index (χ4v) is 8.39. The van der Waals surface area contributed by atoms with Crippen LogP contribution in [0.4, 0.5) is 0 Å². The van der Waals surface area contributed by atoms with Crippen molar-refractivity contribution in [3.63, 3.8) is 0 Å². The van der Waals surface area contributed by atoms with Gasteiger partial charge in [0.1, 0.15) is 0 Å². The highest BCUT2D eigenvalue weighted by Gasteiger charge is 2.30. The highest BCUT2D eigenvalue weighted by atomic mass is 32.2. The van der Waals surface area contributed by atoms with Crippen LogP contribution in [0.1, 0.15) is 11.1 Å². The predicted octanol–water partition coefficient (Wildman–Crippen LogP) is 10.5. The van der Waals surface area contributed by atoms with Gasteiger partial charge in [0, 0.05) is 22.3 Å². The molecule has 7 heteroatoms. The van der Waals surface area contributed by atoms with Crippen LogP contribution in [-0.2, 0) is 9.84 Å². The molecule has 1 aliphatic heterocycles. The number of sulfone groups is 1. The third kappa shape index (κ3) is 6.03. The predicted molar refractivity (Wildman–Crippen MR) is 214 cm³/mol. The van der Waals surface area contributed by atoms with Gasteiger partial charge < -0.3 is 0 Å². The number of benzene rings is 6. The molecular weight excluding hydrogens is 673 g/mol. The van der Waals surface area contributed by atoms with Crippen LogP contribution in [0.15, 0.2) is 194 Å². The summed E-state index contributed by atoms with van der Waals surface area (Å²) in [6, 6.07) is 59.7. The van der Waals surface area contributed by atoms with E-state index in [1.54, 1.807) is 12.2 Å². The van der Waals surface area contributed by atoms with Gasteiger partial charge in [-0.25, -0.2) is 17.8 Å². The van der Waals surface area contributed by atoms with Crippen molar-refractivity contribution in [3.8, 4) is 56.4 Å². The lowest BCUT2D eigenvalue weighted by molar-refractivity contribution is 0.615. The molecule has 0 aliphatic carbocycles. The molecule has 53 heavy (non-hydrogen) atoms. The molecule has 1 aliphatic rings. The summed E-state index contributed by atoms with van der Waals surface area (Å²) < 4.78 is 31.9. The van der Waals surface area contributed by atoms with E-state index in [1.165, 1.54) is 0 Å². The van der Waals surface area contributed by atoms with Gasteiger partial charge in [-0.1, -0.05) is 146 Å². The van der Waals surface area contributed by atoms with E-state index in [4.69, 9.17) is 10.2 Å². The Bertz CT molecular complexity index is 2550. The van der Waals surface area contributed by atoms with Crippen LogP contribution >= 0.6 is 0 Å². The first kappa shape index (κ1) is 32.1. The summed E-state index contributed by atoms with van der Waals surface area (Å²) in [6.45, 7) is 0. The highest BCUT2D eigenvalue weighted by Crippen LogP contribution is 2.39. The zero-order valence-corrected chi connectivity index (χ0v) is 29.3. The molecule has 0 bridgehead atoms. The second-order valence-electron chi connectivity index (χ2n) is 12.8. The number of allylic oxidation sites excluding steroid dienone is 2. The van der Waals surface area contributed by atoms with Crippen molar-refractivity contribution in [2.24, 2.45) is 0 Å². The maximum Gasteiger partial charge on any atom is 0.207 e. The molecular formula is C46H32N4O2S. The van der Waals surface area contributed by atoms with Gasteiger partial charge >= 0.3 is 0 Å². The first-order valence-electron chi connectivity index (χ1n) is 17.3. The van der Waals surface area contributed by atoms with Crippen LogP contribution in [0.3, 0.4) is 0 Å². The molecule has 0 amide bonds. The monoisotopic (exact) mass is 704 g/mol. The van der Waals surface area contributed by atoms with Gasteiger partial charge in [-0.05, 0) is 59.7 Å². The van der Waals surface area contributed by atoms with Crippen molar-refractivity contribution >= 4 is 19.6 Å². The molecule has 0 radical (unpaired) electrons. The maximum absolute atomic E-state index is 14.0. The number of rotatable bonds is 8. The Kier molecular flexibility index (Phi) is 8.10. The van der Waals surface area contributed by atoms with Gasteiger partial charge in [-0.2, -0.15) is 10.2 Å². The molecule has 9 rings (SSSR count). The van der Waals surface area contributed by atoms with Crippen molar-refractivity contribution in [2.75, 3.05) is 0 Å². The number of hydrogen-bond acceptors (Lipinski definition) is 4. The topological polar surface area (TPSA) is 69.8 Å². The van der Waals surface area contributed by atoms with Crippen molar-refractivity contribution in [2.45, 2.75) is 0 Å². The van der Waals surface area contributed by atoms with Gasteiger partial charge in [0.25, 0.3) is 0 Å². The van der Waals surface area contributed by atoms with Crippen LogP contribution in [-0.4, -0.2) is 28.0 Å². The Morgan fingerprint density at radius 2 is 0.679 bits per heavy atom. The Labute approximate surface area is 308 Å². The molecule has 3 heterocycles. The highest BCUT2D eigenvalue weighted by molar-refractivity contribution is 8.09. The smallest absolute Gasteiger partial charge is 0.207 e. The third-order valence-corrected chi connectivity index (χ3v) is 11.4. The Hall–Kier alpha value is -6.83. The summed E-state index contributed by atoms with van der Waals surface area (Å²) in [4.78, 5) is 0.533. The quantitative estimate of drug-likeness (QED) is 0.158. The second-order valence-corrected chi connectivity index (χ2v) is 14.7. The van der Waals surface area contributed by atoms with E-state index in [-0.39, 0.29) is 9.81 Å². The zero-order chi connectivity index (χ0) is 35.8. The molecule has 0 saturated heterocycles. The summed E-state index contributed by atoms with van der Waals surface area (Å²) in [6.07, 6.45) is 3.38. The molecule has 0 atom stereocenters. The lowest BCUT2D eigenvalue weighted by atomic mass is 10.1. The molecule has 0 fully saturated rings. The Balaban J connectivity index is 0.995. The van der Waals surface area contributed by atoms with Gasteiger partial charge in [0.05, 0.1) is 44.0 Å². The van der Waals surface area contributed by atoms with Gasteiger partial charge in [0.2, 0.25) is 9.84 Å². The lowest BCUT2D eigenvalue weighted by Crippen LogP contribution is -2.04. The van der Waals surface area contributed by atoms with Crippen LogP contribution in [0.2, 0.25) is 0 Å². The number of aromatic nitrogens is 4. The Morgan fingerprint density at radius 1 is 0.358 bits per heavy atom. The molecule has 8 aromatic rings. The molecule has 2 aromatic heterocycles. The van der Waals surface area contributed by atoms with E-state index in [9.17, 15) is 8.42 Å². The summed E-state index contributed by atoms with van der Waals surface area (Å²) in [5.41, 5.74) is 10.6. The molecule has 0 unspecified atom stereocenters. The minimum Gasteiger partial charge on any atom is -0.232 e. The molecule has 0 spiro atoms. The van der Waals surface area contributed by atoms with Gasteiger partial charge in [-0.15, -0.1) is 0 Å². The summed E-state index contributed by atoms with van der Waals surface area (Å²) in [5, 5.41) is 9.94. The van der Waals surface area contributed by atoms with Gasteiger partial charge in [-0.3, -0.25) is 0 Å². The Morgan fingerprint density at radius 3 is 1.02 bits per heavy atom. The minimum absolute atomic E-state index is 0.266. The van der Waals surface area contributed by atoms with Gasteiger partial charge in [0.15, 0.2) is 0 Å². The molecule has 6 aromatic carbocycles. The van der Waals surface area contributed by atoms with Crippen LogP contribution in [0, 0.1) is 0 Å². The standard InChI is InChI=1S/C46H32N4O2S/c51-53(52)45(37-21-25-39(26-22-37)49-43(35-17-9-3-10-18-35)31-41(47-49)33-13-5-1-6-14-33)29-30-46(53)38-23-27-40(28-24-38)50-44(36-19-11-4-12-20-36)32-42(48-50)34-15-7-2-8-16-34/h1-32H. The molecule has 0 saturated carbocycles. The first-order valence-corrected chi connectivity index (χ1v) is 18.8. The summed E-state index contributed by atoms with van der Waals surface area (Å²) in [5.74, 6) is 0. The van der Waals surface area contributed by atoms with Crippen molar-refractivity contribution in [3.05, 3.63) is 205 Å². The molecule has 6 nitrogen and oxygen atoms in total. The summed E-state index contributed by atoms with van der Waals surface area (Å²) in [7, 11) is -3.78. The van der Waals surface area contributed by atoms with Crippen LogP contribution in [0.5, 0.6) is 0 Å². The number of nitrogens with zero attached hydrogens (tertiary/aromatic N) is 4. The van der Waals surface area contributed by atoms with Crippen molar-refractivity contribution in [1.82, 2.24) is 19.6 Å². The maximum atomic E-state index is 14.0. The van der Waals surface area contributed by atoms with Crippen LogP contribution < -0.4 is 0 Å². The van der Waals surface area contributed by atoms with E-state index < -0.39 is 9.84 Å². The largest absolute Gasteiger partial charge is 0.232 e. The second kappa shape index (κ2) is 13.4. The van der Waals surface area contributed by atoms with Crippen LogP contribution in [0.25, 0.3) is 66.2 Å². The SMILES string of the molecule is O=S1(=O)C(c2ccc(-n3nc(-c4ccccc4)cc3-c3ccccc3)cc2)=CC=C1c1ccc(-n2nc(-c3ccccc3)cc2-c2ccccc2)cc1. The van der Waals surface area contributed by atoms with E-state index in [0.717, 1.165) is 56.4 Å². The lowest BCUT2D eigenvalue weighted by Gasteiger charge is -2.12. The molecule has 254 valence electrons. The normalized spacial score (nSPS) is 13.4. The summed E-state index contributed by atoms with van der Waals surface area (Å²) >= 11 is 0. The third-order valence-electron chi connectivity index (χ3n) is 9.45. The fourth-order valence-electron chi connectivity index (χ4n) is 6.77. The minimum atomic E-state index is -3.78. The number of hydrogen-bond donors (Lipinski definition) is 0. The van der Waals surface area contributed by atoms with Crippen molar-refractivity contribution < 1.29 is 8.42 Å². The van der Waals surface area contributed by atoms with E-state index >= 15 is 0 Å². The molecule has 0 N–H and O–H groups in total. The van der Waals surface area contributed by atoms with E-state index in [2.05, 4.69) is 36.4 Å². The fraction of sp³-hybridized carbons (Fsp3) is 0.